The third-order valence-corrected chi connectivity index (χ3v) is 5.47. The Morgan fingerprint density at radius 1 is 1.00 bits per heavy atom. The van der Waals surface area contributed by atoms with Crippen molar-refractivity contribution in [3.05, 3.63) is 53.3 Å². The average Bonchev–Trinajstić information content (AvgIpc) is 3.09. The molecule has 2 aliphatic heterocycles. The summed E-state index contributed by atoms with van der Waals surface area (Å²) in [7, 11) is 3.16. The number of piperidine rings is 1. The molecule has 6 nitrogen and oxygen atoms in total. The minimum absolute atomic E-state index is 0.139. The Balaban J connectivity index is 1.43. The molecule has 0 radical (unpaired) electrons. The standard InChI is InChI=1S/C24H27NO5/c1-27-20-9-6-17(14-22(20)28-2)15-23-24(26)19-8-7-18(16-21(19)30-23)29-13-12-25-10-4-3-5-11-25/h6-9,14-16H,3-5,10-13H2,1-2H3/b23-15+. The molecule has 0 spiro atoms. The van der Waals surface area contributed by atoms with Crippen LogP contribution in [0.4, 0.5) is 0 Å². The van der Waals surface area contributed by atoms with Gasteiger partial charge >= 0.3 is 0 Å². The van der Waals surface area contributed by atoms with Crippen LogP contribution in [0.1, 0.15) is 35.2 Å². The minimum Gasteiger partial charge on any atom is -0.493 e. The smallest absolute Gasteiger partial charge is 0.231 e. The van der Waals surface area contributed by atoms with Crippen molar-refractivity contribution in [1.29, 1.82) is 0 Å². The van der Waals surface area contributed by atoms with Gasteiger partial charge in [0.05, 0.1) is 19.8 Å². The number of carbonyl (C=O) groups excluding carboxylic acids is 1. The molecular formula is C24H27NO5. The van der Waals surface area contributed by atoms with E-state index in [1.807, 2.05) is 12.1 Å². The molecule has 30 heavy (non-hydrogen) atoms. The number of hydrogen-bond donors (Lipinski definition) is 0. The second-order valence-electron chi connectivity index (χ2n) is 7.46. The lowest BCUT2D eigenvalue weighted by Gasteiger charge is -2.26. The molecule has 1 saturated heterocycles. The zero-order valence-electron chi connectivity index (χ0n) is 17.5. The average molecular weight is 409 g/mol. The fraction of sp³-hybridized carbons (Fsp3) is 0.375. The summed E-state index contributed by atoms with van der Waals surface area (Å²) >= 11 is 0. The lowest BCUT2D eigenvalue weighted by molar-refractivity contribution is 0.101. The largest absolute Gasteiger partial charge is 0.493 e. The molecule has 2 aliphatic rings. The maximum Gasteiger partial charge on any atom is 0.231 e. The van der Waals surface area contributed by atoms with Crippen LogP contribution in [0.25, 0.3) is 6.08 Å². The number of Topliss-reactive ketones (excluding diaryl/α,β-unsaturated/α-hetero) is 1. The maximum atomic E-state index is 12.7. The van der Waals surface area contributed by atoms with Gasteiger partial charge in [0.2, 0.25) is 5.78 Å². The summed E-state index contributed by atoms with van der Waals surface area (Å²) in [5.74, 6) is 2.61. The highest BCUT2D eigenvalue weighted by atomic mass is 16.5. The summed E-state index contributed by atoms with van der Waals surface area (Å²) in [6, 6.07) is 10.8. The lowest BCUT2D eigenvalue weighted by atomic mass is 10.1. The molecule has 2 heterocycles. The summed E-state index contributed by atoms with van der Waals surface area (Å²) in [6.07, 6.45) is 5.57. The number of allylic oxidation sites excluding steroid dienone is 1. The quantitative estimate of drug-likeness (QED) is 0.640. The summed E-state index contributed by atoms with van der Waals surface area (Å²) < 4.78 is 22.3. The molecule has 2 aromatic rings. The fourth-order valence-corrected chi connectivity index (χ4v) is 3.83. The van der Waals surface area contributed by atoms with Gasteiger partial charge in [-0.2, -0.15) is 0 Å². The van der Waals surface area contributed by atoms with Gasteiger partial charge in [-0.1, -0.05) is 12.5 Å². The third kappa shape index (κ3) is 4.44. The number of benzene rings is 2. The summed E-state index contributed by atoms with van der Waals surface area (Å²) in [5, 5.41) is 0. The molecule has 4 rings (SSSR count). The van der Waals surface area contributed by atoms with Crippen molar-refractivity contribution in [2.75, 3.05) is 40.5 Å². The zero-order chi connectivity index (χ0) is 20.9. The van der Waals surface area contributed by atoms with E-state index < -0.39 is 0 Å². The van der Waals surface area contributed by atoms with E-state index in [-0.39, 0.29) is 11.5 Å². The Morgan fingerprint density at radius 2 is 1.80 bits per heavy atom. The molecule has 0 unspecified atom stereocenters. The van der Waals surface area contributed by atoms with E-state index in [0.717, 1.165) is 25.2 Å². The van der Waals surface area contributed by atoms with Gasteiger partial charge in [-0.15, -0.1) is 0 Å². The highest BCUT2D eigenvalue weighted by Gasteiger charge is 2.28. The number of methoxy groups -OCH3 is 2. The van der Waals surface area contributed by atoms with Gasteiger partial charge in [-0.05, 0) is 61.8 Å². The minimum atomic E-state index is -0.139. The number of ether oxygens (including phenoxy) is 4. The van der Waals surface area contributed by atoms with Gasteiger partial charge in [0.15, 0.2) is 17.3 Å². The van der Waals surface area contributed by atoms with E-state index in [2.05, 4.69) is 4.90 Å². The first-order valence-electron chi connectivity index (χ1n) is 10.3. The number of carbonyl (C=O) groups is 1. The van der Waals surface area contributed by atoms with Gasteiger partial charge in [0, 0.05) is 12.6 Å². The molecule has 0 N–H and O–H groups in total. The normalized spacial score (nSPS) is 17.5. The van der Waals surface area contributed by atoms with Crippen molar-refractivity contribution < 1.29 is 23.7 Å². The first-order valence-corrected chi connectivity index (χ1v) is 10.3. The molecule has 6 heteroatoms. The first-order chi connectivity index (χ1) is 14.7. The van der Waals surface area contributed by atoms with Crippen LogP contribution in [-0.2, 0) is 0 Å². The molecule has 0 atom stereocenters. The van der Waals surface area contributed by atoms with Crippen molar-refractivity contribution in [1.82, 2.24) is 4.90 Å². The first kappa shape index (κ1) is 20.3. The van der Waals surface area contributed by atoms with E-state index in [9.17, 15) is 4.79 Å². The predicted octanol–water partition coefficient (Wildman–Crippen LogP) is 4.18. The SMILES string of the molecule is COc1ccc(/C=C2/Oc3cc(OCCN4CCCCC4)ccc3C2=O)cc1OC. The molecule has 0 aliphatic carbocycles. The maximum absolute atomic E-state index is 12.7. The fourth-order valence-electron chi connectivity index (χ4n) is 3.83. The summed E-state index contributed by atoms with van der Waals surface area (Å²) in [4.78, 5) is 15.1. The van der Waals surface area contributed by atoms with Gasteiger partial charge < -0.3 is 18.9 Å². The van der Waals surface area contributed by atoms with Crippen LogP contribution in [0.5, 0.6) is 23.0 Å². The van der Waals surface area contributed by atoms with Gasteiger partial charge in [0.1, 0.15) is 18.1 Å². The molecule has 2 aromatic carbocycles. The van der Waals surface area contributed by atoms with Crippen molar-refractivity contribution in [2.45, 2.75) is 19.3 Å². The van der Waals surface area contributed by atoms with Crippen molar-refractivity contribution in [2.24, 2.45) is 0 Å². The van der Waals surface area contributed by atoms with Gasteiger partial charge in [0.25, 0.3) is 0 Å². The van der Waals surface area contributed by atoms with Gasteiger partial charge in [-0.25, -0.2) is 0 Å². The van der Waals surface area contributed by atoms with Crippen LogP contribution in [-0.4, -0.2) is 51.1 Å². The van der Waals surface area contributed by atoms with E-state index in [0.29, 0.717) is 35.2 Å². The lowest BCUT2D eigenvalue weighted by Crippen LogP contribution is -2.33. The van der Waals surface area contributed by atoms with E-state index in [4.69, 9.17) is 18.9 Å². The molecular weight excluding hydrogens is 382 g/mol. The summed E-state index contributed by atoms with van der Waals surface area (Å²) in [5.41, 5.74) is 1.34. The number of nitrogens with zero attached hydrogens (tertiary/aromatic N) is 1. The molecule has 1 fully saturated rings. The zero-order valence-corrected chi connectivity index (χ0v) is 17.5. The van der Waals surface area contributed by atoms with E-state index >= 15 is 0 Å². The molecule has 0 saturated carbocycles. The van der Waals surface area contributed by atoms with Crippen molar-refractivity contribution >= 4 is 11.9 Å². The Morgan fingerprint density at radius 3 is 2.57 bits per heavy atom. The van der Waals surface area contributed by atoms with E-state index in [1.165, 1.54) is 19.3 Å². The second kappa shape index (κ2) is 9.22. The van der Waals surface area contributed by atoms with Crippen LogP contribution in [0.15, 0.2) is 42.2 Å². The van der Waals surface area contributed by atoms with Crippen LogP contribution in [0.3, 0.4) is 0 Å². The third-order valence-electron chi connectivity index (χ3n) is 5.47. The highest BCUT2D eigenvalue weighted by molar-refractivity contribution is 6.14. The van der Waals surface area contributed by atoms with Gasteiger partial charge in [-0.3, -0.25) is 9.69 Å². The Kier molecular flexibility index (Phi) is 6.23. The van der Waals surface area contributed by atoms with Crippen LogP contribution < -0.4 is 18.9 Å². The van der Waals surface area contributed by atoms with Crippen LogP contribution >= 0.6 is 0 Å². The molecule has 158 valence electrons. The number of likely N-dealkylation sites (tertiary alicyclic amines) is 1. The molecule has 0 bridgehead atoms. The highest BCUT2D eigenvalue weighted by Crippen LogP contribution is 2.36. The van der Waals surface area contributed by atoms with Crippen LogP contribution in [0.2, 0.25) is 0 Å². The Hall–Kier alpha value is -2.99. The Bertz CT molecular complexity index is 947. The topological polar surface area (TPSA) is 57.2 Å². The Labute approximate surface area is 177 Å². The monoisotopic (exact) mass is 409 g/mol. The van der Waals surface area contributed by atoms with E-state index in [1.54, 1.807) is 44.6 Å². The number of fused-ring (bicyclic) bond motifs is 1. The van der Waals surface area contributed by atoms with Crippen LogP contribution in [0, 0.1) is 0 Å². The van der Waals surface area contributed by atoms with Crippen molar-refractivity contribution in [3.63, 3.8) is 0 Å². The predicted molar refractivity (Wildman–Crippen MR) is 115 cm³/mol. The molecule has 0 amide bonds. The van der Waals surface area contributed by atoms with Crippen molar-refractivity contribution in [3.8, 4) is 23.0 Å². The summed E-state index contributed by atoms with van der Waals surface area (Å²) in [6.45, 7) is 3.84. The number of ketones is 1. The molecule has 0 aromatic heterocycles. The second-order valence-corrected chi connectivity index (χ2v) is 7.46. The number of hydrogen-bond acceptors (Lipinski definition) is 6. The number of rotatable bonds is 7.